The summed E-state index contributed by atoms with van der Waals surface area (Å²) in [5.74, 6) is 0. The Hall–Kier alpha value is -0.631. The van der Waals surface area contributed by atoms with Crippen molar-refractivity contribution in [3.8, 4) is 0 Å². The first kappa shape index (κ1) is 9.91. The van der Waals surface area contributed by atoms with Crippen molar-refractivity contribution in [1.29, 1.82) is 0 Å². The number of nitrogens with zero attached hydrogens (tertiary/aromatic N) is 2. The number of fused-ring (bicyclic) bond motifs is 1. The van der Waals surface area contributed by atoms with E-state index in [1.807, 2.05) is 12.4 Å². The molecule has 2 heterocycles. The van der Waals surface area contributed by atoms with Gasteiger partial charge in [0.2, 0.25) is 0 Å². The molecule has 0 N–H and O–H groups in total. The van der Waals surface area contributed by atoms with Gasteiger partial charge < -0.3 is 0 Å². The van der Waals surface area contributed by atoms with Crippen LogP contribution < -0.4 is 0 Å². The van der Waals surface area contributed by atoms with Crippen molar-refractivity contribution >= 4 is 24.1 Å². The van der Waals surface area contributed by atoms with Crippen molar-refractivity contribution in [3.05, 3.63) is 29.0 Å². The maximum absolute atomic E-state index is 4.16. The van der Waals surface area contributed by atoms with Crippen molar-refractivity contribution in [2.45, 2.75) is 6.42 Å². The molecule has 3 heteroatoms. The average Bonchev–Trinajstić information content (AvgIpc) is 2.58. The Balaban J connectivity index is 2.25. The van der Waals surface area contributed by atoms with E-state index in [1.54, 1.807) is 0 Å². The van der Waals surface area contributed by atoms with E-state index >= 15 is 0 Å². The van der Waals surface area contributed by atoms with E-state index in [9.17, 15) is 0 Å². The topological polar surface area (TPSA) is 16.1 Å². The molecule has 0 aromatic carbocycles. The first-order valence-electron chi connectivity index (χ1n) is 4.72. The number of hydrogen-bond acceptors (Lipinski definition) is 2. The summed E-state index contributed by atoms with van der Waals surface area (Å²) in [6.07, 6.45) is 5.06. The SMILES string of the molecule is CN(C)CCc1c[se]c2cnccc12. The van der Waals surface area contributed by atoms with Gasteiger partial charge in [0.05, 0.1) is 0 Å². The van der Waals surface area contributed by atoms with Crippen LogP contribution in [0.1, 0.15) is 5.56 Å². The van der Waals surface area contributed by atoms with Gasteiger partial charge in [-0.1, -0.05) is 0 Å². The number of rotatable bonds is 3. The van der Waals surface area contributed by atoms with Crippen LogP contribution in [0.25, 0.3) is 9.65 Å². The maximum atomic E-state index is 4.16. The number of aromatic nitrogens is 1. The molecule has 0 saturated heterocycles. The van der Waals surface area contributed by atoms with Gasteiger partial charge >= 0.3 is 90.1 Å². The molecular formula is C11H14N2Se. The zero-order chi connectivity index (χ0) is 9.97. The summed E-state index contributed by atoms with van der Waals surface area (Å²) in [5.41, 5.74) is 1.51. The van der Waals surface area contributed by atoms with Gasteiger partial charge in [-0.05, 0) is 0 Å². The summed E-state index contributed by atoms with van der Waals surface area (Å²) in [7, 11) is 4.24. The van der Waals surface area contributed by atoms with Gasteiger partial charge in [-0.25, -0.2) is 0 Å². The van der Waals surface area contributed by atoms with E-state index in [4.69, 9.17) is 0 Å². The van der Waals surface area contributed by atoms with Gasteiger partial charge in [0.1, 0.15) is 0 Å². The molecule has 2 aromatic rings. The summed E-state index contributed by atoms with van der Waals surface area (Å²) >= 11 is 0.519. The fourth-order valence-corrected chi connectivity index (χ4v) is 3.49. The zero-order valence-electron chi connectivity index (χ0n) is 8.53. The van der Waals surface area contributed by atoms with Gasteiger partial charge in [-0.2, -0.15) is 0 Å². The van der Waals surface area contributed by atoms with Crippen LogP contribution >= 0.6 is 0 Å². The van der Waals surface area contributed by atoms with Crippen molar-refractivity contribution in [2.24, 2.45) is 0 Å². The van der Waals surface area contributed by atoms with Crippen LogP contribution in [0.5, 0.6) is 0 Å². The molecule has 74 valence electrons. The Kier molecular flexibility index (Phi) is 3.02. The van der Waals surface area contributed by atoms with Crippen LogP contribution in [-0.2, 0) is 6.42 Å². The molecule has 0 fully saturated rings. The van der Waals surface area contributed by atoms with Crippen molar-refractivity contribution in [1.82, 2.24) is 9.88 Å². The number of hydrogen-bond donors (Lipinski definition) is 0. The molecule has 0 unspecified atom stereocenters. The zero-order valence-corrected chi connectivity index (χ0v) is 10.2. The standard InChI is InChI=1S/C11H14N2Se/c1-13(2)6-4-9-8-14-11-7-12-5-3-10(9)11/h3,5,7-8H,4,6H2,1-2H3. The van der Waals surface area contributed by atoms with Gasteiger partial charge in [-0.15, -0.1) is 0 Å². The summed E-state index contributed by atoms with van der Waals surface area (Å²) in [6.45, 7) is 1.13. The number of likely N-dealkylation sites (N-methyl/N-ethyl adjacent to an activating group) is 1. The molecule has 0 radical (unpaired) electrons. The molecule has 0 aliphatic carbocycles. The van der Waals surface area contributed by atoms with E-state index in [2.05, 4.69) is 35.0 Å². The van der Waals surface area contributed by atoms with Gasteiger partial charge in [-0.3, -0.25) is 0 Å². The van der Waals surface area contributed by atoms with E-state index < -0.39 is 0 Å². The minimum atomic E-state index is 0.519. The third-order valence-corrected chi connectivity index (χ3v) is 4.35. The van der Waals surface area contributed by atoms with Crippen LogP contribution in [0.3, 0.4) is 0 Å². The Morgan fingerprint density at radius 2 is 2.29 bits per heavy atom. The van der Waals surface area contributed by atoms with Crippen LogP contribution in [-0.4, -0.2) is 45.0 Å². The summed E-state index contributed by atoms with van der Waals surface area (Å²) in [6, 6.07) is 2.14. The van der Waals surface area contributed by atoms with Crippen LogP contribution in [0.2, 0.25) is 0 Å². The molecule has 0 spiro atoms. The molecule has 14 heavy (non-hydrogen) atoms. The Morgan fingerprint density at radius 1 is 1.43 bits per heavy atom. The predicted molar refractivity (Wildman–Crippen MR) is 60.9 cm³/mol. The second-order valence-corrected chi connectivity index (χ2v) is 5.60. The van der Waals surface area contributed by atoms with Gasteiger partial charge in [0.15, 0.2) is 0 Å². The minimum absolute atomic E-state index is 0.519. The van der Waals surface area contributed by atoms with E-state index in [0.717, 1.165) is 13.0 Å². The molecule has 0 bridgehead atoms. The van der Waals surface area contributed by atoms with E-state index in [-0.39, 0.29) is 0 Å². The van der Waals surface area contributed by atoms with E-state index in [1.165, 1.54) is 15.2 Å². The van der Waals surface area contributed by atoms with Gasteiger partial charge in [0, 0.05) is 0 Å². The first-order valence-corrected chi connectivity index (χ1v) is 6.57. The molecule has 0 aliphatic rings. The summed E-state index contributed by atoms with van der Waals surface area (Å²) in [5, 5.41) is 1.43. The Bertz CT molecular complexity index is 420. The normalized spacial score (nSPS) is 11.4. The second-order valence-electron chi connectivity index (χ2n) is 3.69. The fourth-order valence-electron chi connectivity index (χ4n) is 1.47. The molecule has 0 amide bonds. The summed E-state index contributed by atoms with van der Waals surface area (Å²) < 4.78 is 1.44. The third kappa shape index (κ3) is 2.06. The average molecular weight is 253 g/mol. The van der Waals surface area contributed by atoms with E-state index in [0.29, 0.717) is 14.5 Å². The van der Waals surface area contributed by atoms with Crippen LogP contribution in [0.15, 0.2) is 23.4 Å². The van der Waals surface area contributed by atoms with Crippen LogP contribution in [0.4, 0.5) is 0 Å². The molecule has 2 aromatic heterocycles. The Labute approximate surface area is 90.3 Å². The molecule has 0 saturated carbocycles. The van der Waals surface area contributed by atoms with Gasteiger partial charge in [0.25, 0.3) is 0 Å². The second kappa shape index (κ2) is 4.26. The van der Waals surface area contributed by atoms with Crippen LogP contribution in [0, 0.1) is 0 Å². The van der Waals surface area contributed by atoms with Crippen molar-refractivity contribution < 1.29 is 0 Å². The molecule has 2 nitrogen and oxygen atoms in total. The quantitative estimate of drug-likeness (QED) is 0.769. The molecular weight excluding hydrogens is 239 g/mol. The molecule has 0 atom stereocenters. The monoisotopic (exact) mass is 254 g/mol. The fraction of sp³-hybridized carbons (Fsp3) is 0.364. The first-order chi connectivity index (χ1) is 6.77. The summed E-state index contributed by atoms with van der Waals surface area (Å²) in [4.78, 5) is 8.78. The van der Waals surface area contributed by atoms with Crippen molar-refractivity contribution in [2.75, 3.05) is 20.6 Å². The molecule has 0 aliphatic heterocycles. The predicted octanol–water partition coefficient (Wildman–Crippen LogP) is 1.40. The third-order valence-electron chi connectivity index (χ3n) is 2.29. The Morgan fingerprint density at radius 3 is 3.07 bits per heavy atom. The number of pyridine rings is 1. The van der Waals surface area contributed by atoms with Crippen molar-refractivity contribution in [3.63, 3.8) is 0 Å². The molecule has 2 rings (SSSR count).